The molecule has 0 fully saturated rings. The Morgan fingerprint density at radius 3 is 1.30 bits per heavy atom. The van der Waals surface area contributed by atoms with Gasteiger partial charge in [-0.15, -0.1) is 12.4 Å². The molecule has 0 radical (unpaired) electrons. The van der Waals surface area contributed by atoms with Gasteiger partial charge < -0.3 is 10.0 Å². The number of unbranched alkanes of at least 4 members (excludes halogenated alkanes) is 13. The summed E-state index contributed by atoms with van der Waals surface area (Å²) in [5, 5.41) is 9.26. The number of nitrogens with zero attached hydrogens (tertiary/aromatic N) is 1. The van der Waals surface area contributed by atoms with Crippen molar-refractivity contribution < 1.29 is 5.11 Å². The summed E-state index contributed by atoms with van der Waals surface area (Å²) >= 11 is 0. The molecule has 0 rings (SSSR count). The highest BCUT2D eigenvalue weighted by molar-refractivity contribution is 5.85. The molecule has 0 heterocycles. The second kappa shape index (κ2) is 20.3. The number of aliphatic hydroxyl groups is 1. The van der Waals surface area contributed by atoms with Gasteiger partial charge in [0.1, 0.15) is 0 Å². The first kappa shape index (κ1) is 25.5. The average molecular weight is 350 g/mol. The largest absolute Gasteiger partial charge is 0.395 e. The highest BCUT2D eigenvalue weighted by Gasteiger charge is 2.08. The fourth-order valence-electron chi connectivity index (χ4n) is 3.09. The van der Waals surface area contributed by atoms with Crippen LogP contribution in [0, 0.1) is 0 Å². The Hall–Kier alpha value is 0.210. The van der Waals surface area contributed by atoms with Crippen molar-refractivity contribution in [2.24, 2.45) is 0 Å². The second-order valence-corrected chi connectivity index (χ2v) is 7.18. The summed E-state index contributed by atoms with van der Waals surface area (Å²) in [4.78, 5) is 2.14. The molecular weight excluding hydrogens is 306 g/mol. The molecular formula is C20H44ClNO. The molecule has 142 valence electrons. The first-order chi connectivity index (χ1) is 10.7. The van der Waals surface area contributed by atoms with Gasteiger partial charge in [0.15, 0.2) is 0 Å². The third-order valence-electron chi connectivity index (χ3n) is 4.83. The lowest BCUT2D eigenvalue weighted by molar-refractivity contribution is 0.159. The van der Waals surface area contributed by atoms with Gasteiger partial charge in [0, 0.05) is 6.04 Å². The van der Waals surface area contributed by atoms with Crippen molar-refractivity contribution in [2.45, 2.75) is 109 Å². The molecule has 0 saturated heterocycles. The van der Waals surface area contributed by atoms with E-state index in [0.29, 0.717) is 12.6 Å². The summed E-state index contributed by atoms with van der Waals surface area (Å²) in [5.41, 5.74) is 0. The van der Waals surface area contributed by atoms with Gasteiger partial charge in [0.25, 0.3) is 0 Å². The molecule has 1 unspecified atom stereocenters. The van der Waals surface area contributed by atoms with Gasteiger partial charge in [-0.25, -0.2) is 0 Å². The lowest BCUT2D eigenvalue weighted by Crippen LogP contribution is -2.31. The van der Waals surface area contributed by atoms with E-state index in [9.17, 15) is 5.11 Å². The zero-order chi connectivity index (χ0) is 16.5. The predicted molar refractivity (Wildman–Crippen MR) is 107 cm³/mol. The predicted octanol–water partition coefficient (Wildman–Crippen LogP) is 6.20. The number of hydrogen-bond acceptors (Lipinski definition) is 2. The molecule has 1 N–H and O–H groups in total. The molecule has 3 heteroatoms. The molecule has 0 aromatic carbocycles. The van der Waals surface area contributed by atoms with Crippen molar-refractivity contribution >= 4 is 12.4 Å². The number of hydrogen-bond donors (Lipinski definition) is 1. The molecule has 23 heavy (non-hydrogen) atoms. The maximum atomic E-state index is 9.26. The quantitative estimate of drug-likeness (QED) is 0.316. The van der Waals surface area contributed by atoms with Crippen LogP contribution in [0.25, 0.3) is 0 Å². The van der Waals surface area contributed by atoms with Crippen LogP contribution in [-0.2, 0) is 0 Å². The lowest BCUT2D eigenvalue weighted by atomic mass is 10.0. The zero-order valence-electron chi connectivity index (χ0n) is 16.2. The minimum Gasteiger partial charge on any atom is -0.395 e. The Morgan fingerprint density at radius 1 is 0.652 bits per heavy atom. The van der Waals surface area contributed by atoms with Crippen LogP contribution in [0.1, 0.15) is 103 Å². The van der Waals surface area contributed by atoms with E-state index in [0.717, 1.165) is 6.42 Å². The van der Waals surface area contributed by atoms with Crippen LogP contribution in [0.4, 0.5) is 0 Å². The average Bonchev–Trinajstić information content (AvgIpc) is 2.51. The monoisotopic (exact) mass is 349 g/mol. The minimum atomic E-state index is 0. The number of halogens is 1. The SMILES string of the molecule is CCCCCCCCCCCCCCCCC(CO)N(C)C.Cl. The molecule has 0 aliphatic carbocycles. The Morgan fingerprint density at radius 2 is 1.00 bits per heavy atom. The van der Waals surface area contributed by atoms with Gasteiger partial charge in [0.05, 0.1) is 6.61 Å². The standard InChI is InChI=1S/C20H43NO.ClH/c1-4-5-6-7-8-9-10-11-12-13-14-15-16-17-18-20(19-22)21(2)3;/h20,22H,4-19H2,1-3H3;1H. The van der Waals surface area contributed by atoms with Gasteiger partial charge in [-0.1, -0.05) is 96.8 Å². The second-order valence-electron chi connectivity index (χ2n) is 7.18. The topological polar surface area (TPSA) is 23.5 Å². The highest BCUT2D eigenvalue weighted by Crippen LogP contribution is 2.14. The normalized spacial score (nSPS) is 12.4. The van der Waals surface area contributed by atoms with Gasteiger partial charge >= 0.3 is 0 Å². The van der Waals surface area contributed by atoms with E-state index in [2.05, 4.69) is 25.9 Å². The lowest BCUT2D eigenvalue weighted by Gasteiger charge is -2.21. The summed E-state index contributed by atoms with van der Waals surface area (Å²) in [6.45, 7) is 2.58. The van der Waals surface area contributed by atoms with Crippen molar-refractivity contribution in [2.75, 3.05) is 20.7 Å². The Bertz CT molecular complexity index is 212. The molecule has 0 saturated carbocycles. The van der Waals surface area contributed by atoms with E-state index >= 15 is 0 Å². The number of rotatable bonds is 17. The molecule has 0 spiro atoms. The van der Waals surface area contributed by atoms with Crippen LogP contribution < -0.4 is 0 Å². The van der Waals surface area contributed by atoms with E-state index in [1.165, 1.54) is 89.9 Å². The maximum Gasteiger partial charge on any atom is 0.0586 e. The van der Waals surface area contributed by atoms with Gasteiger partial charge in [-0.05, 0) is 20.5 Å². The third-order valence-corrected chi connectivity index (χ3v) is 4.83. The number of likely N-dealkylation sites (N-methyl/N-ethyl adjacent to an activating group) is 1. The van der Waals surface area contributed by atoms with Crippen LogP contribution in [0.2, 0.25) is 0 Å². The molecule has 0 bridgehead atoms. The van der Waals surface area contributed by atoms with Crippen LogP contribution in [0.3, 0.4) is 0 Å². The highest BCUT2D eigenvalue weighted by atomic mass is 35.5. The van der Waals surface area contributed by atoms with Crippen LogP contribution in [-0.4, -0.2) is 36.8 Å². The van der Waals surface area contributed by atoms with Gasteiger partial charge in [0.2, 0.25) is 0 Å². The van der Waals surface area contributed by atoms with Crippen molar-refractivity contribution in [3.63, 3.8) is 0 Å². The maximum absolute atomic E-state index is 9.26. The fourth-order valence-corrected chi connectivity index (χ4v) is 3.09. The van der Waals surface area contributed by atoms with Crippen LogP contribution in [0.5, 0.6) is 0 Å². The summed E-state index contributed by atoms with van der Waals surface area (Å²) in [5.74, 6) is 0. The van der Waals surface area contributed by atoms with Gasteiger partial charge in [-0.2, -0.15) is 0 Å². The van der Waals surface area contributed by atoms with Crippen molar-refractivity contribution in [1.29, 1.82) is 0 Å². The summed E-state index contributed by atoms with van der Waals surface area (Å²) in [6.07, 6.45) is 20.9. The molecule has 0 aliphatic heterocycles. The van der Waals surface area contributed by atoms with E-state index in [-0.39, 0.29) is 12.4 Å². The molecule has 2 nitrogen and oxygen atoms in total. The third kappa shape index (κ3) is 18.4. The Balaban J connectivity index is 0. The zero-order valence-corrected chi connectivity index (χ0v) is 17.0. The molecule has 1 atom stereocenters. The fraction of sp³-hybridized carbons (Fsp3) is 1.00. The molecule has 0 aromatic heterocycles. The smallest absolute Gasteiger partial charge is 0.0586 e. The van der Waals surface area contributed by atoms with Crippen molar-refractivity contribution in [1.82, 2.24) is 4.90 Å². The molecule has 0 aromatic rings. The van der Waals surface area contributed by atoms with E-state index in [4.69, 9.17) is 0 Å². The first-order valence-corrected chi connectivity index (χ1v) is 9.99. The van der Waals surface area contributed by atoms with Crippen molar-refractivity contribution in [3.8, 4) is 0 Å². The Labute approximate surface area is 152 Å². The summed E-state index contributed by atoms with van der Waals surface area (Å²) < 4.78 is 0. The summed E-state index contributed by atoms with van der Waals surface area (Å²) in [6, 6.07) is 0.359. The molecule has 0 aliphatic rings. The van der Waals surface area contributed by atoms with E-state index in [1.807, 2.05) is 0 Å². The van der Waals surface area contributed by atoms with Crippen LogP contribution >= 0.6 is 12.4 Å². The first-order valence-electron chi connectivity index (χ1n) is 9.99. The summed E-state index contributed by atoms with van der Waals surface area (Å²) in [7, 11) is 4.12. The van der Waals surface area contributed by atoms with Crippen molar-refractivity contribution in [3.05, 3.63) is 0 Å². The Kier molecular flexibility index (Phi) is 22.4. The van der Waals surface area contributed by atoms with E-state index in [1.54, 1.807) is 0 Å². The van der Waals surface area contributed by atoms with Gasteiger partial charge in [-0.3, -0.25) is 0 Å². The molecule has 0 amide bonds. The van der Waals surface area contributed by atoms with Crippen LogP contribution in [0.15, 0.2) is 0 Å². The minimum absolute atomic E-state index is 0. The van der Waals surface area contributed by atoms with E-state index < -0.39 is 0 Å². The number of aliphatic hydroxyl groups excluding tert-OH is 1.